The zero-order valence-electron chi connectivity index (χ0n) is 30.0. The SMILES string of the molecule is CC(C)OP(=O)(OC(C)C)C(=Nc1ccc(N=C(NNc2ccc([N+](=O)[O-])cc2)P(=O)(OC(C)C)OC(C)C)cc1)NNc1ccc([N+](=O)[O-])cc1. The molecule has 0 spiro atoms. The minimum absolute atomic E-state index is 0.109. The summed E-state index contributed by atoms with van der Waals surface area (Å²) in [4.78, 5) is 30.2. The monoisotopic (exact) mass is 762 g/mol. The quantitative estimate of drug-likeness (QED) is 0.0312. The van der Waals surface area contributed by atoms with E-state index in [0.717, 1.165) is 0 Å². The van der Waals surface area contributed by atoms with Gasteiger partial charge in [-0.05, 0) is 104 Å². The van der Waals surface area contributed by atoms with Gasteiger partial charge in [0.25, 0.3) is 11.4 Å². The molecule has 0 atom stereocenters. The first kappa shape index (κ1) is 41.7. The minimum atomic E-state index is -4.09. The van der Waals surface area contributed by atoms with Crippen LogP contribution in [0.25, 0.3) is 0 Å². The molecule has 3 aromatic rings. The summed E-state index contributed by atoms with van der Waals surface area (Å²) >= 11 is 0. The van der Waals surface area contributed by atoms with Gasteiger partial charge in [0.15, 0.2) is 0 Å². The fraction of sp³-hybridized carbons (Fsp3) is 0.375. The number of nitrogens with one attached hydrogen (secondary N) is 4. The number of amidine groups is 2. The van der Waals surface area contributed by atoms with Crippen molar-refractivity contribution in [3.8, 4) is 0 Å². The Bertz CT molecular complexity index is 1660. The van der Waals surface area contributed by atoms with Crippen molar-refractivity contribution in [2.45, 2.75) is 79.8 Å². The molecule has 4 N–H and O–H groups in total. The molecule has 0 fully saturated rings. The van der Waals surface area contributed by atoms with E-state index in [9.17, 15) is 29.4 Å². The number of aliphatic imine (C=N–C) groups is 2. The standard InChI is InChI=1S/C32H44N8O10P2/c1-21(2)47-51(45,48-22(3)4)31(37-35-27-13-17-29(18-14-27)39(41)42)33-25-9-11-26(12-10-25)34-32(52(46,49-23(5)6)50-24(7)8)38-36-28-15-19-30(20-16-28)40(43)44/h9-24,35-36H,1-8H3,(H,33,37)(H,34,38). The van der Waals surface area contributed by atoms with E-state index in [1.807, 2.05) is 0 Å². The lowest BCUT2D eigenvalue weighted by atomic mass is 10.3. The summed E-state index contributed by atoms with van der Waals surface area (Å²) in [7, 11) is -8.17. The summed E-state index contributed by atoms with van der Waals surface area (Å²) in [5.74, 6) is 0. The van der Waals surface area contributed by atoms with Gasteiger partial charge >= 0.3 is 15.2 Å². The predicted octanol–water partition coefficient (Wildman–Crippen LogP) is 8.80. The van der Waals surface area contributed by atoms with Crippen LogP contribution in [0, 0.1) is 20.2 Å². The third-order valence-corrected chi connectivity index (χ3v) is 10.3. The van der Waals surface area contributed by atoms with Crippen LogP contribution in [0.1, 0.15) is 55.4 Å². The van der Waals surface area contributed by atoms with Gasteiger partial charge in [0.2, 0.25) is 11.2 Å². The molecule has 0 bridgehead atoms. The molecule has 0 radical (unpaired) electrons. The lowest BCUT2D eigenvalue weighted by molar-refractivity contribution is -0.385. The molecule has 0 aliphatic rings. The van der Waals surface area contributed by atoms with Crippen molar-refractivity contribution >= 4 is 60.5 Å². The van der Waals surface area contributed by atoms with Gasteiger partial charge in [0.05, 0.1) is 57.0 Å². The van der Waals surface area contributed by atoms with Crippen LogP contribution in [-0.4, -0.2) is 45.4 Å². The topological polar surface area (TPSA) is 230 Å². The summed E-state index contributed by atoms with van der Waals surface area (Å²) < 4.78 is 51.3. The molecule has 3 rings (SSSR count). The van der Waals surface area contributed by atoms with Crippen LogP contribution >= 0.6 is 15.2 Å². The number of nitro benzene ring substituents is 2. The number of benzene rings is 3. The van der Waals surface area contributed by atoms with Gasteiger partial charge in [-0.15, -0.1) is 0 Å². The minimum Gasteiger partial charge on any atom is -0.300 e. The summed E-state index contributed by atoms with van der Waals surface area (Å²) in [5, 5.41) is 22.2. The molecule has 3 aromatic carbocycles. The van der Waals surface area contributed by atoms with E-state index < -0.39 is 49.5 Å². The summed E-state index contributed by atoms with van der Waals surface area (Å²) in [6, 6.07) is 17.3. The lowest BCUT2D eigenvalue weighted by Crippen LogP contribution is -2.32. The molecule has 20 heteroatoms. The van der Waals surface area contributed by atoms with Crippen LogP contribution < -0.4 is 21.7 Å². The molecule has 0 unspecified atom stereocenters. The Labute approximate surface area is 301 Å². The van der Waals surface area contributed by atoms with Crippen LogP contribution in [0.2, 0.25) is 0 Å². The number of anilines is 2. The Balaban J connectivity index is 2.03. The van der Waals surface area contributed by atoms with E-state index in [2.05, 4.69) is 31.7 Å². The molecule has 0 saturated heterocycles. The Morgan fingerprint density at radius 1 is 0.538 bits per heavy atom. The second kappa shape index (κ2) is 18.7. The first-order chi connectivity index (χ1) is 24.4. The zero-order chi connectivity index (χ0) is 38.6. The van der Waals surface area contributed by atoms with E-state index in [-0.39, 0.29) is 22.5 Å². The van der Waals surface area contributed by atoms with Crippen molar-refractivity contribution in [3.05, 3.63) is 93.0 Å². The van der Waals surface area contributed by atoms with Gasteiger partial charge in [0.1, 0.15) is 0 Å². The Hall–Kier alpha value is -4.70. The maximum absolute atomic E-state index is 14.1. The first-order valence-electron chi connectivity index (χ1n) is 16.1. The van der Waals surface area contributed by atoms with Crippen molar-refractivity contribution in [2.24, 2.45) is 9.98 Å². The van der Waals surface area contributed by atoms with Gasteiger partial charge in [-0.2, -0.15) is 0 Å². The Morgan fingerprint density at radius 3 is 1.04 bits per heavy atom. The van der Waals surface area contributed by atoms with E-state index in [1.165, 1.54) is 48.5 Å². The largest absolute Gasteiger partial charge is 0.398 e. The maximum atomic E-state index is 14.1. The molecule has 282 valence electrons. The predicted molar refractivity (Wildman–Crippen MR) is 200 cm³/mol. The fourth-order valence-electron chi connectivity index (χ4n) is 4.11. The Morgan fingerprint density at radius 2 is 0.808 bits per heavy atom. The maximum Gasteiger partial charge on any atom is 0.398 e. The number of rotatable bonds is 18. The highest BCUT2D eigenvalue weighted by Gasteiger charge is 2.37. The van der Waals surface area contributed by atoms with Crippen molar-refractivity contribution in [1.82, 2.24) is 10.9 Å². The molecular weight excluding hydrogens is 718 g/mol. The second-order valence-corrected chi connectivity index (χ2v) is 15.8. The first-order valence-corrected chi connectivity index (χ1v) is 19.2. The van der Waals surface area contributed by atoms with Crippen LogP contribution in [0.4, 0.5) is 34.1 Å². The molecule has 0 heterocycles. The molecule has 0 aliphatic carbocycles. The van der Waals surface area contributed by atoms with E-state index >= 15 is 0 Å². The summed E-state index contributed by atoms with van der Waals surface area (Å²) in [5.41, 5.74) is 12.1. The average molecular weight is 763 g/mol. The number of nitrogens with zero attached hydrogens (tertiary/aromatic N) is 4. The Kier molecular flexibility index (Phi) is 15.0. The van der Waals surface area contributed by atoms with E-state index in [1.54, 1.807) is 79.7 Å². The number of nitro groups is 2. The molecule has 0 aromatic heterocycles. The van der Waals surface area contributed by atoms with Crippen molar-refractivity contribution in [3.63, 3.8) is 0 Å². The molecule has 0 amide bonds. The highest BCUT2D eigenvalue weighted by atomic mass is 31.2. The van der Waals surface area contributed by atoms with Crippen molar-refractivity contribution in [1.29, 1.82) is 0 Å². The number of non-ortho nitro benzene ring substituents is 2. The van der Waals surface area contributed by atoms with Crippen molar-refractivity contribution in [2.75, 3.05) is 10.9 Å². The van der Waals surface area contributed by atoms with Crippen molar-refractivity contribution < 1.29 is 37.1 Å². The second-order valence-electron chi connectivity index (χ2n) is 12.1. The summed E-state index contributed by atoms with van der Waals surface area (Å²) in [6.45, 7) is 13.5. The number of hydrazine groups is 2. The zero-order valence-corrected chi connectivity index (χ0v) is 31.8. The van der Waals surface area contributed by atoms with Gasteiger partial charge in [-0.1, -0.05) is 0 Å². The fourth-order valence-corrected chi connectivity index (χ4v) is 7.69. The van der Waals surface area contributed by atoms with E-state index in [0.29, 0.717) is 22.7 Å². The molecule has 52 heavy (non-hydrogen) atoms. The van der Waals surface area contributed by atoms with Crippen LogP contribution in [0.3, 0.4) is 0 Å². The number of hydrogen-bond donors (Lipinski definition) is 4. The van der Waals surface area contributed by atoms with Crippen LogP contribution in [-0.2, 0) is 27.2 Å². The third kappa shape index (κ3) is 12.8. The lowest BCUT2D eigenvalue weighted by Gasteiger charge is -2.25. The third-order valence-electron chi connectivity index (χ3n) is 6.03. The van der Waals surface area contributed by atoms with Gasteiger partial charge < -0.3 is 18.1 Å². The highest BCUT2D eigenvalue weighted by Crippen LogP contribution is 2.53. The van der Waals surface area contributed by atoms with Gasteiger partial charge in [0, 0.05) is 24.3 Å². The number of hydrogen-bond acceptors (Lipinski definition) is 14. The average Bonchev–Trinajstić information content (AvgIpc) is 3.04. The van der Waals surface area contributed by atoms with Gasteiger partial charge in [-0.3, -0.25) is 51.1 Å². The highest BCUT2D eigenvalue weighted by molar-refractivity contribution is 7.72. The van der Waals surface area contributed by atoms with Crippen LogP contribution in [0.5, 0.6) is 0 Å². The van der Waals surface area contributed by atoms with Gasteiger partial charge in [-0.25, -0.2) is 9.98 Å². The summed E-state index contributed by atoms with van der Waals surface area (Å²) in [6.07, 6.45) is -2.07. The van der Waals surface area contributed by atoms with E-state index in [4.69, 9.17) is 18.1 Å². The smallest absolute Gasteiger partial charge is 0.300 e. The molecule has 0 saturated carbocycles. The molecule has 0 aliphatic heterocycles. The molecular formula is C32H44N8O10P2. The molecule has 18 nitrogen and oxygen atoms in total. The van der Waals surface area contributed by atoms with Crippen LogP contribution in [0.15, 0.2) is 82.8 Å². The normalized spacial score (nSPS) is 12.8.